The number of aromatic nitrogens is 2. The van der Waals surface area contributed by atoms with Crippen LogP contribution in [-0.2, 0) is 0 Å². The van der Waals surface area contributed by atoms with Gasteiger partial charge in [0.05, 0.1) is 11.6 Å². The maximum Gasteiger partial charge on any atom is 0.216 e. The number of rotatable bonds is 3. The van der Waals surface area contributed by atoms with Crippen LogP contribution in [0.2, 0.25) is 0 Å². The van der Waals surface area contributed by atoms with E-state index >= 15 is 0 Å². The lowest BCUT2D eigenvalue weighted by Gasteiger charge is -2.13. The van der Waals surface area contributed by atoms with Crippen molar-refractivity contribution in [3.8, 4) is 23.2 Å². The Morgan fingerprint density at radius 2 is 2.37 bits per heavy atom. The molecule has 2 aromatic rings. The van der Waals surface area contributed by atoms with E-state index < -0.39 is 0 Å². The molecule has 0 radical (unpaired) electrons. The Labute approximate surface area is 114 Å². The Bertz CT molecular complexity index is 645. The third-order valence-electron chi connectivity index (χ3n) is 2.64. The summed E-state index contributed by atoms with van der Waals surface area (Å²) in [5.74, 6) is 1.86. The monoisotopic (exact) mass is 270 g/mol. The number of hydrogen-bond acceptors (Lipinski definition) is 5. The van der Waals surface area contributed by atoms with Crippen molar-refractivity contribution >= 4 is 11.8 Å². The third-order valence-corrected chi connectivity index (χ3v) is 3.42. The summed E-state index contributed by atoms with van der Waals surface area (Å²) in [6.07, 6.45) is 3.78. The lowest BCUT2D eigenvalue weighted by molar-refractivity contribution is 0.309. The molecule has 0 amide bonds. The minimum atomic E-state index is 0.564. The second kappa shape index (κ2) is 5.08. The van der Waals surface area contributed by atoms with E-state index in [1.165, 1.54) is 16.7 Å². The van der Waals surface area contributed by atoms with E-state index in [1.807, 2.05) is 35.7 Å². The molecule has 1 aliphatic heterocycles. The SMILES string of the molecule is N#CN1CSC=C1Oc1cccc(-c2ccn[nH]2)c1. The molecule has 0 bridgehead atoms. The van der Waals surface area contributed by atoms with Gasteiger partial charge in [-0.2, -0.15) is 10.4 Å². The Morgan fingerprint density at radius 1 is 1.42 bits per heavy atom. The highest BCUT2D eigenvalue weighted by molar-refractivity contribution is 8.02. The fraction of sp³-hybridized carbons (Fsp3) is 0.0769. The van der Waals surface area contributed by atoms with Gasteiger partial charge in [0.25, 0.3) is 0 Å². The number of H-pyrrole nitrogens is 1. The summed E-state index contributed by atoms with van der Waals surface area (Å²) in [6, 6.07) is 9.54. The topological polar surface area (TPSA) is 64.9 Å². The highest BCUT2D eigenvalue weighted by Gasteiger charge is 2.17. The predicted molar refractivity (Wildman–Crippen MR) is 72.6 cm³/mol. The van der Waals surface area contributed by atoms with E-state index in [0.717, 1.165) is 11.3 Å². The van der Waals surface area contributed by atoms with Gasteiger partial charge in [0, 0.05) is 17.2 Å². The lowest BCUT2D eigenvalue weighted by Crippen LogP contribution is -2.15. The zero-order valence-electron chi connectivity index (χ0n) is 9.91. The molecule has 0 aliphatic carbocycles. The molecule has 0 saturated carbocycles. The molecule has 1 aliphatic rings. The van der Waals surface area contributed by atoms with E-state index in [1.54, 1.807) is 6.20 Å². The Hall–Kier alpha value is -2.39. The predicted octanol–water partition coefficient (Wildman–Crippen LogP) is 2.74. The van der Waals surface area contributed by atoms with Crippen LogP contribution in [0.4, 0.5) is 0 Å². The summed E-state index contributed by atoms with van der Waals surface area (Å²) < 4.78 is 5.73. The molecule has 5 nitrogen and oxygen atoms in total. The minimum Gasteiger partial charge on any atom is -0.440 e. The number of nitrogens with zero attached hydrogens (tertiary/aromatic N) is 3. The van der Waals surface area contributed by atoms with Crippen molar-refractivity contribution in [2.24, 2.45) is 0 Å². The van der Waals surface area contributed by atoms with Crippen LogP contribution < -0.4 is 4.74 Å². The summed E-state index contributed by atoms with van der Waals surface area (Å²) in [5, 5.41) is 17.6. The van der Waals surface area contributed by atoms with E-state index in [9.17, 15) is 0 Å². The highest BCUT2D eigenvalue weighted by atomic mass is 32.2. The molecule has 1 aromatic carbocycles. The average molecular weight is 270 g/mol. The number of ether oxygens (including phenoxy) is 1. The van der Waals surface area contributed by atoms with Gasteiger partial charge in [-0.25, -0.2) is 4.90 Å². The number of thioether (sulfide) groups is 1. The van der Waals surface area contributed by atoms with E-state index in [2.05, 4.69) is 16.4 Å². The first-order valence-electron chi connectivity index (χ1n) is 5.63. The van der Waals surface area contributed by atoms with Gasteiger partial charge >= 0.3 is 0 Å². The van der Waals surface area contributed by atoms with Gasteiger partial charge in [0.2, 0.25) is 5.88 Å². The van der Waals surface area contributed by atoms with Crippen molar-refractivity contribution in [2.75, 3.05) is 5.88 Å². The van der Waals surface area contributed by atoms with Crippen LogP contribution in [-0.4, -0.2) is 21.0 Å². The molecule has 1 aromatic heterocycles. The fourth-order valence-corrected chi connectivity index (χ4v) is 2.46. The minimum absolute atomic E-state index is 0.564. The molecular weight excluding hydrogens is 260 g/mol. The maximum atomic E-state index is 8.95. The third kappa shape index (κ3) is 2.41. The number of hydrogen-bond donors (Lipinski definition) is 1. The molecule has 0 atom stereocenters. The van der Waals surface area contributed by atoms with Gasteiger partial charge in [0.15, 0.2) is 6.19 Å². The molecule has 0 unspecified atom stereocenters. The van der Waals surface area contributed by atoms with Gasteiger partial charge in [0.1, 0.15) is 5.75 Å². The number of nitrogens with one attached hydrogen (secondary N) is 1. The van der Waals surface area contributed by atoms with Crippen molar-refractivity contribution in [2.45, 2.75) is 0 Å². The Kier molecular flexibility index (Phi) is 3.12. The summed E-state index contributed by atoms with van der Waals surface area (Å²) in [4.78, 5) is 1.51. The van der Waals surface area contributed by atoms with Crippen LogP contribution in [0.25, 0.3) is 11.3 Å². The molecule has 3 rings (SSSR count). The van der Waals surface area contributed by atoms with Gasteiger partial charge in [-0.3, -0.25) is 5.10 Å². The first-order valence-corrected chi connectivity index (χ1v) is 6.68. The maximum absolute atomic E-state index is 8.95. The zero-order chi connectivity index (χ0) is 13.1. The molecule has 6 heteroatoms. The van der Waals surface area contributed by atoms with Gasteiger partial charge in [-0.15, -0.1) is 11.8 Å². The van der Waals surface area contributed by atoms with Gasteiger partial charge in [-0.05, 0) is 18.2 Å². The van der Waals surface area contributed by atoms with Crippen molar-refractivity contribution < 1.29 is 4.74 Å². The molecule has 19 heavy (non-hydrogen) atoms. The van der Waals surface area contributed by atoms with Crippen LogP contribution in [0.1, 0.15) is 0 Å². The van der Waals surface area contributed by atoms with Crippen LogP contribution in [0.3, 0.4) is 0 Å². The second-order valence-electron chi connectivity index (χ2n) is 3.88. The summed E-state index contributed by atoms with van der Waals surface area (Å²) >= 11 is 1.54. The quantitative estimate of drug-likeness (QED) is 0.869. The summed E-state index contributed by atoms with van der Waals surface area (Å²) in [6.45, 7) is 0. The number of aromatic amines is 1. The van der Waals surface area contributed by atoms with E-state index in [-0.39, 0.29) is 0 Å². The largest absolute Gasteiger partial charge is 0.440 e. The summed E-state index contributed by atoms with van der Waals surface area (Å²) in [5.41, 5.74) is 1.92. The van der Waals surface area contributed by atoms with E-state index in [4.69, 9.17) is 10.00 Å². The van der Waals surface area contributed by atoms with Crippen molar-refractivity contribution in [1.82, 2.24) is 15.1 Å². The van der Waals surface area contributed by atoms with Gasteiger partial charge < -0.3 is 4.74 Å². The zero-order valence-corrected chi connectivity index (χ0v) is 10.7. The smallest absolute Gasteiger partial charge is 0.216 e. The first-order chi connectivity index (χ1) is 9.36. The van der Waals surface area contributed by atoms with Crippen molar-refractivity contribution in [1.29, 1.82) is 5.26 Å². The van der Waals surface area contributed by atoms with Gasteiger partial charge in [-0.1, -0.05) is 12.1 Å². The Morgan fingerprint density at radius 3 is 3.16 bits per heavy atom. The first kappa shape index (κ1) is 11.7. The standard InChI is InChI=1S/C13H10N4OS/c14-8-17-9-19-7-13(17)18-11-3-1-2-10(6-11)12-4-5-15-16-12/h1-7H,9H2,(H,15,16). The molecular formula is C13H10N4OS. The van der Waals surface area contributed by atoms with Crippen molar-refractivity contribution in [3.05, 3.63) is 47.8 Å². The molecule has 94 valence electrons. The highest BCUT2D eigenvalue weighted by Crippen LogP contribution is 2.27. The molecule has 0 spiro atoms. The van der Waals surface area contributed by atoms with Crippen LogP contribution >= 0.6 is 11.8 Å². The van der Waals surface area contributed by atoms with E-state index in [0.29, 0.717) is 17.5 Å². The Balaban J connectivity index is 1.83. The average Bonchev–Trinajstić information content (AvgIpc) is 3.10. The van der Waals surface area contributed by atoms with Crippen LogP contribution in [0.15, 0.2) is 47.8 Å². The number of benzene rings is 1. The molecule has 1 N–H and O–H groups in total. The lowest BCUT2D eigenvalue weighted by atomic mass is 10.1. The number of nitriles is 1. The fourth-order valence-electron chi connectivity index (χ4n) is 1.73. The van der Waals surface area contributed by atoms with Crippen LogP contribution in [0, 0.1) is 11.5 Å². The molecule has 2 heterocycles. The summed E-state index contributed by atoms with van der Waals surface area (Å²) in [7, 11) is 0. The molecule has 0 fully saturated rings. The molecule has 0 saturated heterocycles. The van der Waals surface area contributed by atoms with Crippen LogP contribution in [0.5, 0.6) is 5.75 Å². The van der Waals surface area contributed by atoms with Crippen molar-refractivity contribution in [3.63, 3.8) is 0 Å². The normalized spacial score (nSPS) is 14.1. The second-order valence-corrected chi connectivity index (χ2v) is 4.71.